The predicted octanol–water partition coefficient (Wildman–Crippen LogP) is 6.77. The second kappa shape index (κ2) is 23.8. The number of carbonyl (C=O) groups excluding carboxylic acids is 5. The lowest BCUT2D eigenvalue weighted by atomic mass is 9.93. The number of nitrogens with zero attached hydrogens (tertiary/aromatic N) is 5. The molecule has 15 nitrogen and oxygen atoms in total. The number of carbonyl (C=O) groups is 5. The summed E-state index contributed by atoms with van der Waals surface area (Å²) < 4.78 is 13.7. The van der Waals surface area contributed by atoms with Gasteiger partial charge in [0.05, 0.1) is 31.0 Å². The number of halogens is 2. The Morgan fingerprint density at radius 1 is 0.812 bits per heavy atom. The first-order valence-corrected chi connectivity index (χ1v) is 23.6. The van der Waals surface area contributed by atoms with Crippen LogP contribution in [0.2, 0.25) is 10.0 Å². The van der Waals surface area contributed by atoms with Gasteiger partial charge in [-0.15, -0.1) is 0 Å². The van der Waals surface area contributed by atoms with Crippen molar-refractivity contribution in [2.24, 2.45) is 13.0 Å². The Bertz CT molecular complexity index is 2570. The van der Waals surface area contributed by atoms with Gasteiger partial charge in [-0.25, -0.2) is 4.98 Å². The lowest BCUT2D eigenvalue weighted by Gasteiger charge is -2.35. The highest BCUT2D eigenvalue weighted by molar-refractivity contribution is 6.31. The van der Waals surface area contributed by atoms with Gasteiger partial charge < -0.3 is 44.5 Å². The SMILES string of the molecule is COC[C@@H]1NC(=O)[C@H](C)N(Cc2ccc(Cl)cc2Oc2ccc(-c3cnc(C(C)O)n3C)cc2)C(=O)C[C@@H](Cc2ccccc2)C(=O)N(C)[C@@H](C)CNC(=O)C[C@H](Cc2ccc(Cl)cc2)N(C)C1=O. The van der Waals surface area contributed by atoms with E-state index in [1.807, 2.05) is 73.1 Å². The number of rotatable bonds is 12. The Kier molecular flexibility index (Phi) is 18.0. The molecular formula is C52H61Cl2N7O8. The van der Waals surface area contributed by atoms with E-state index in [1.165, 1.54) is 21.8 Å². The Morgan fingerprint density at radius 3 is 2.13 bits per heavy atom. The first kappa shape index (κ1) is 52.1. The van der Waals surface area contributed by atoms with Gasteiger partial charge in [-0.3, -0.25) is 24.0 Å². The molecule has 0 spiro atoms. The standard InChI is InChI=1S/C52H61Cl2N7O8/c1-32-28-55-47(63)27-42(24-36-13-18-40(53)19-14-36)59(5)52(67)44(31-68-7)57-50(65)33(2)61(48(64)25-39(51(66)58(32)4)23-35-11-9-8-10-12-35)30-38-15-20-41(54)26-46(38)69-43-21-16-37(17-22-43)45-29-56-49(34(3)62)60(45)6/h8-22,26,29,32-34,39,42,44,62H,23-25,27-28,30-31H2,1-7H3,(H,55,63)(H,57,65)/t32-,33-,34?,39+,42-,44-/m0/s1. The molecular weight excluding hydrogens is 922 g/mol. The first-order chi connectivity index (χ1) is 32.9. The van der Waals surface area contributed by atoms with Gasteiger partial charge in [-0.1, -0.05) is 71.7 Å². The van der Waals surface area contributed by atoms with Crippen molar-refractivity contribution >= 4 is 52.7 Å². The molecule has 6 rings (SSSR count). The van der Waals surface area contributed by atoms with E-state index >= 15 is 4.79 Å². The number of aliphatic hydroxyl groups is 1. The number of likely N-dealkylation sites (N-methyl/N-ethyl adjacent to an activating group) is 2. The topological polar surface area (TPSA) is 176 Å². The minimum absolute atomic E-state index is 0.0803. The molecule has 6 atom stereocenters. The van der Waals surface area contributed by atoms with Gasteiger partial charge in [0.25, 0.3) is 0 Å². The maximum atomic E-state index is 15.0. The summed E-state index contributed by atoms with van der Waals surface area (Å²) in [5.41, 5.74) is 3.80. The van der Waals surface area contributed by atoms with Crippen molar-refractivity contribution in [3.8, 4) is 22.8 Å². The predicted molar refractivity (Wildman–Crippen MR) is 264 cm³/mol. The molecule has 1 saturated heterocycles. The van der Waals surface area contributed by atoms with Crippen LogP contribution in [0.3, 0.4) is 0 Å². The smallest absolute Gasteiger partial charge is 0.247 e. The first-order valence-electron chi connectivity index (χ1n) is 22.9. The van der Waals surface area contributed by atoms with Gasteiger partial charge in [-0.05, 0) is 93.3 Å². The molecule has 5 amide bonds. The Morgan fingerprint density at radius 2 is 1.48 bits per heavy atom. The zero-order valence-corrected chi connectivity index (χ0v) is 41.5. The summed E-state index contributed by atoms with van der Waals surface area (Å²) in [6, 6.07) is 25.2. The Balaban J connectivity index is 1.37. The highest BCUT2D eigenvalue weighted by Gasteiger charge is 2.36. The van der Waals surface area contributed by atoms with Gasteiger partial charge in [0.15, 0.2) is 0 Å². The maximum Gasteiger partial charge on any atom is 0.247 e. The van der Waals surface area contributed by atoms with Crippen LogP contribution in [-0.4, -0.2) is 117 Å². The lowest BCUT2D eigenvalue weighted by Crippen LogP contribution is -2.57. The van der Waals surface area contributed by atoms with Crippen molar-refractivity contribution in [1.82, 2.24) is 34.9 Å². The summed E-state index contributed by atoms with van der Waals surface area (Å²) in [7, 11) is 6.46. The van der Waals surface area contributed by atoms with Crippen LogP contribution in [0.4, 0.5) is 0 Å². The monoisotopic (exact) mass is 981 g/mol. The van der Waals surface area contributed by atoms with Crippen LogP contribution in [0, 0.1) is 5.92 Å². The molecule has 1 aliphatic rings. The van der Waals surface area contributed by atoms with Gasteiger partial charge in [0, 0.05) is 80.9 Å². The molecule has 0 saturated carbocycles. The van der Waals surface area contributed by atoms with Crippen LogP contribution in [0.25, 0.3) is 11.3 Å². The fourth-order valence-corrected chi connectivity index (χ4v) is 8.67. The molecule has 0 radical (unpaired) electrons. The van der Waals surface area contributed by atoms with Gasteiger partial charge >= 0.3 is 0 Å². The molecule has 4 aromatic carbocycles. The Labute approximate surface area is 413 Å². The van der Waals surface area contributed by atoms with Crippen LogP contribution < -0.4 is 15.4 Å². The highest BCUT2D eigenvalue weighted by atomic mass is 35.5. The summed E-state index contributed by atoms with van der Waals surface area (Å²) in [6.45, 7) is 4.79. The zero-order valence-electron chi connectivity index (χ0n) is 40.0. The van der Waals surface area contributed by atoms with E-state index in [-0.39, 0.29) is 50.8 Å². The van der Waals surface area contributed by atoms with Crippen LogP contribution in [0.1, 0.15) is 62.2 Å². The largest absolute Gasteiger partial charge is 0.457 e. The summed E-state index contributed by atoms with van der Waals surface area (Å²) >= 11 is 12.7. The molecule has 0 aliphatic carbocycles. The Hall–Kier alpha value is -6.26. The van der Waals surface area contributed by atoms with Crippen molar-refractivity contribution in [3.05, 3.63) is 136 Å². The van der Waals surface area contributed by atoms with Crippen LogP contribution in [0.5, 0.6) is 11.5 Å². The summed E-state index contributed by atoms with van der Waals surface area (Å²) in [5.74, 6) is -1.88. The average molecular weight is 983 g/mol. The normalized spacial score (nSPS) is 20.8. The van der Waals surface area contributed by atoms with Crippen LogP contribution in [-0.2, 0) is 55.1 Å². The summed E-state index contributed by atoms with van der Waals surface area (Å²) in [4.78, 5) is 80.9. The molecule has 69 heavy (non-hydrogen) atoms. The van der Waals surface area contributed by atoms with E-state index in [9.17, 15) is 24.3 Å². The molecule has 3 N–H and O–H groups in total. The van der Waals surface area contributed by atoms with Crippen molar-refractivity contribution < 1.29 is 38.6 Å². The maximum absolute atomic E-state index is 15.0. The van der Waals surface area contributed by atoms with E-state index < -0.39 is 53.9 Å². The molecule has 1 aliphatic heterocycles. The number of methoxy groups -OCH3 is 1. The summed E-state index contributed by atoms with van der Waals surface area (Å²) in [6.07, 6.45) is 1.09. The van der Waals surface area contributed by atoms with E-state index in [2.05, 4.69) is 15.6 Å². The van der Waals surface area contributed by atoms with E-state index in [0.29, 0.717) is 39.4 Å². The highest BCUT2D eigenvalue weighted by Crippen LogP contribution is 2.33. The number of hydrogen-bond acceptors (Lipinski definition) is 9. The lowest BCUT2D eigenvalue weighted by molar-refractivity contribution is -0.147. The fraction of sp³-hybridized carbons (Fsp3) is 0.385. The molecule has 2 heterocycles. The van der Waals surface area contributed by atoms with Crippen molar-refractivity contribution in [2.45, 2.75) is 83.3 Å². The van der Waals surface area contributed by atoms with E-state index in [1.54, 1.807) is 76.6 Å². The van der Waals surface area contributed by atoms with Crippen molar-refractivity contribution in [3.63, 3.8) is 0 Å². The zero-order chi connectivity index (χ0) is 49.9. The number of hydrogen-bond donors (Lipinski definition) is 3. The number of imidazole rings is 1. The number of aromatic nitrogens is 2. The molecule has 0 bridgehead atoms. The molecule has 17 heteroatoms. The average Bonchev–Trinajstić information content (AvgIpc) is 3.73. The van der Waals surface area contributed by atoms with Crippen molar-refractivity contribution in [1.29, 1.82) is 0 Å². The fourth-order valence-electron chi connectivity index (χ4n) is 8.38. The van der Waals surface area contributed by atoms with E-state index in [0.717, 1.165) is 22.4 Å². The summed E-state index contributed by atoms with van der Waals surface area (Å²) in [5, 5.41) is 16.8. The van der Waals surface area contributed by atoms with Crippen molar-refractivity contribution in [2.75, 3.05) is 34.4 Å². The molecule has 1 unspecified atom stereocenters. The third-order valence-corrected chi connectivity index (χ3v) is 13.1. The number of benzene rings is 4. The third kappa shape index (κ3) is 13.5. The second-order valence-electron chi connectivity index (χ2n) is 17.7. The van der Waals surface area contributed by atoms with Crippen LogP contribution >= 0.6 is 23.2 Å². The molecule has 1 fully saturated rings. The number of nitrogens with one attached hydrogen (secondary N) is 2. The van der Waals surface area contributed by atoms with E-state index in [4.69, 9.17) is 32.7 Å². The molecule has 366 valence electrons. The number of ether oxygens (including phenoxy) is 2. The van der Waals surface area contributed by atoms with Gasteiger partial charge in [-0.2, -0.15) is 0 Å². The quantitative estimate of drug-likeness (QED) is 0.122. The molecule has 1 aromatic heterocycles. The molecule has 5 aromatic rings. The third-order valence-electron chi connectivity index (χ3n) is 12.7. The van der Waals surface area contributed by atoms with Gasteiger partial charge in [0.2, 0.25) is 29.5 Å². The minimum Gasteiger partial charge on any atom is -0.457 e. The van der Waals surface area contributed by atoms with Gasteiger partial charge in [0.1, 0.15) is 35.5 Å². The number of aliphatic hydroxyl groups excluding tert-OH is 1. The second-order valence-corrected chi connectivity index (χ2v) is 18.5. The minimum atomic E-state index is -1.20. The number of amides is 5. The van der Waals surface area contributed by atoms with Crippen LogP contribution in [0.15, 0.2) is 103 Å².